The molecule has 0 spiro atoms. The summed E-state index contributed by atoms with van der Waals surface area (Å²) < 4.78 is 30.2. The number of sulfonamides is 1. The molecule has 6 rings (SSSR count). The Balaban J connectivity index is 1.40. The van der Waals surface area contributed by atoms with Crippen LogP contribution in [-0.2, 0) is 27.8 Å². The third kappa shape index (κ3) is 7.67. The molecule has 5 aromatic rings. The number of carboxylic acid groups (broad SMARTS) is 1. The van der Waals surface area contributed by atoms with Gasteiger partial charge in [0, 0.05) is 30.7 Å². The van der Waals surface area contributed by atoms with Gasteiger partial charge in [-0.05, 0) is 86.3 Å². The molecule has 0 fully saturated rings. The summed E-state index contributed by atoms with van der Waals surface area (Å²) in [4.78, 5) is 56.2. The molecule has 274 valence electrons. The van der Waals surface area contributed by atoms with E-state index < -0.39 is 39.3 Å². The van der Waals surface area contributed by atoms with E-state index in [0.717, 1.165) is 16.5 Å². The number of hydrogen-bond donors (Lipinski definition) is 2. The molecule has 1 aliphatic rings. The zero-order valence-electron chi connectivity index (χ0n) is 29.6. The average molecular weight is 756 g/mol. The van der Waals surface area contributed by atoms with E-state index in [4.69, 9.17) is 11.6 Å². The summed E-state index contributed by atoms with van der Waals surface area (Å²) >= 11 is 6.73. The van der Waals surface area contributed by atoms with Gasteiger partial charge in [0.1, 0.15) is 0 Å². The van der Waals surface area contributed by atoms with Gasteiger partial charge in [-0.1, -0.05) is 66.2 Å². The average Bonchev–Trinajstić information content (AvgIpc) is 3.42. The minimum Gasteiger partial charge on any atom is -0.481 e. The second-order valence-electron chi connectivity index (χ2n) is 13.9. The summed E-state index contributed by atoms with van der Waals surface area (Å²) in [7, 11) is -4.31. The number of nitrogens with zero attached hydrogens (tertiary/aromatic N) is 4. The number of amides is 3. The quantitative estimate of drug-likeness (QED) is 0.185. The number of halogens is 1. The molecular weight excluding hydrogens is 718 g/mol. The Bertz CT molecular complexity index is 2400. The molecule has 4 aromatic carbocycles. The van der Waals surface area contributed by atoms with Gasteiger partial charge < -0.3 is 14.9 Å². The first-order valence-electron chi connectivity index (χ1n) is 16.9. The first-order valence-corrected chi connectivity index (χ1v) is 18.8. The van der Waals surface area contributed by atoms with Crippen LogP contribution >= 0.6 is 11.6 Å². The summed E-state index contributed by atoms with van der Waals surface area (Å²) in [6.07, 6.45) is 0.309. The lowest BCUT2D eigenvalue weighted by atomic mass is 9.98. The Morgan fingerprint density at radius 2 is 1.60 bits per heavy atom. The van der Waals surface area contributed by atoms with Crippen LogP contribution in [0.3, 0.4) is 0 Å². The standard InChI is InChI=1S/C39H38ClN5O7S/c1-24-34(40)35(38(50)44(39(2,3)4)20-18-33(46)47)41-45(24)32-16-14-28(22-31(32)37(49)43-19-17-26-10-6-8-12-29(26)23-43)36(48)42-53(51,52)30-15-13-25-9-5-7-11-27(25)21-30/h5-16,21-22H,17-20,23H2,1-4H3,(H,42,48)(H,46,47). The minimum absolute atomic E-state index is 0.00757. The van der Waals surface area contributed by atoms with Crippen LogP contribution in [0.1, 0.15) is 75.2 Å². The smallest absolute Gasteiger partial charge is 0.305 e. The van der Waals surface area contributed by atoms with Gasteiger partial charge in [-0.25, -0.2) is 17.8 Å². The Kier molecular flexibility index (Phi) is 10.2. The SMILES string of the molecule is Cc1c(Cl)c(C(=O)N(CCC(=O)O)C(C)(C)C)nn1-c1ccc(C(=O)NS(=O)(=O)c2ccc3ccccc3c2)cc1C(=O)N1CCc2ccccc2C1. The molecule has 12 nitrogen and oxygen atoms in total. The monoisotopic (exact) mass is 755 g/mol. The van der Waals surface area contributed by atoms with Gasteiger partial charge in [0.2, 0.25) is 0 Å². The van der Waals surface area contributed by atoms with Crippen molar-refractivity contribution >= 4 is 56.1 Å². The predicted molar refractivity (Wildman–Crippen MR) is 200 cm³/mol. The summed E-state index contributed by atoms with van der Waals surface area (Å²) in [5, 5.41) is 15.4. The van der Waals surface area contributed by atoms with E-state index in [2.05, 4.69) is 9.82 Å². The maximum Gasteiger partial charge on any atom is 0.305 e. The number of carbonyl (C=O) groups excluding carboxylic acids is 3. The minimum atomic E-state index is -4.31. The third-order valence-corrected chi connectivity index (χ3v) is 11.0. The van der Waals surface area contributed by atoms with Gasteiger partial charge in [-0.15, -0.1) is 0 Å². The fraction of sp³-hybridized carbons (Fsp3) is 0.256. The van der Waals surface area contributed by atoms with Gasteiger partial charge in [0.15, 0.2) is 5.69 Å². The number of fused-ring (bicyclic) bond motifs is 2. The van der Waals surface area contributed by atoms with E-state index in [1.165, 1.54) is 39.9 Å². The van der Waals surface area contributed by atoms with Crippen LogP contribution in [-0.4, -0.2) is 75.4 Å². The highest BCUT2D eigenvalue weighted by molar-refractivity contribution is 7.90. The van der Waals surface area contributed by atoms with Gasteiger partial charge in [-0.2, -0.15) is 5.10 Å². The Morgan fingerprint density at radius 3 is 2.30 bits per heavy atom. The molecule has 0 atom stereocenters. The van der Waals surface area contributed by atoms with Gasteiger partial charge >= 0.3 is 5.97 Å². The van der Waals surface area contributed by atoms with Crippen molar-refractivity contribution in [3.8, 4) is 5.69 Å². The molecule has 0 radical (unpaired) electrons. The number of rotatable bonds is 9. The lowest BCUT2D eigenvalue weighted by molar-refractivity contribution is -0.137. The number of benzene rings is 4. The number of nitrogens with one attached hydrogen (secondary N) is 1. The Morgan fingerprint density at radius 1 is 0.925 bits per heavy atom. The number of aliphatic carboxylic acids is 1. The fourth-order valence-electron chi connectivity index (χ4n) is 6.38. The highest BCUT2D eigenvalue weighted by Gasteiger charge is 2.33. The second-order valence-corrected chi connectivity index (χ2v) is 15.9. The van der Waals surface area contributed by atoms with Crippen molar-refractivity contribution < 1.29 is 32.7 Å². The Hall–Kier alpha value is -5.53. The molecule has 1 aromatic heterocycles. The molecule has 53 heavy (non-hydrogen) atoms. The van der Waals surface area contributed by atoms with Crippen molar-refractivity contribution in [2.45, 2.75) is 57.5 Å². The number of carboxylic acids is 1. The van der Waals surface area contributed by atoms with Crippen LogP contribution in [0.2, 0.25) is 5.02 Å². The Labute approximate surface area is 312 Å². The molecule has 1 aliphatic heterocycles. The largest absolute Gasteiger partial charge is 0.481 e. The van der Waals surface area contributed by atoms with Gasteiger partial charge in [0.05, 0.1) is 33.3 Å². The molecule has 0 saturated carbocycles. The van der Waals surface area contributed by atoms with E-state index >= 15 is 0 Å². The van der Waals surface area contributed by atoms with Crippen molar-refractivity contribution in [2.75, 3.05) is 13.1 Å². The van der Waals surface area contributed by atoms with Crippen LogP contribution in [0, 0.1) is 6.92 Å². The van der Waals surface area contributed by atoms with E-state index in [1.54, 1.807) is 50.8 Å². The second kappa shape index (κ2) is 14.5. The zero-order valence-corrected chi connectivity index (χ0v) is 31.2. The van der Waals surface area contributed by atoms with Crippen LogP contribution < -0.4 is 4.72 Å². The predicted octanol–water partition coefficient (Wildman–Crippen LogP) is 6.02. The van der Waals surface area contributed by atoms with Crippen molar-refractivity contribution in [3.05, 3.63) is 124 Å². The van der Waals surface area contributed by atoms with E-state index in [-0.39, 0.29) is 45.4 Å². The summed E-state index contributed by atoms with van der Waals surface area (Å²) in [5.41, 5.74) is 1.62. The van der Waals surface area contributed by atoms with Gasteiger partial charge in [-0.3, -0.25) is 19.2 Å². The fourth-order valence-corrected chi connectivity index (χ4v) is 7.59. The van der Waals surface area contributed by atoms with Crippen molar-refractivity contribution in [3.63, 3.8) is 0 Å². The third-order valence-electron chi connectivity index (χ3n) is 9.24. The first-order chi connectivity index (χ1) is 25.0. The number of carbonyl (C=O) groups is 4. The normalized spacial score (nSPS) is 13.0. The summed E-state index contributed by atoms with van der Waals surface area (Å²) in [6, 6.07) is 23.7. The van der Waals surface area contributed by atoms with E-state index in [9.17, 15) is 32.7 Å². The van der Waals surface area contributed by atoms with Crippen LogP contribution in [0.25, 0.3) is 16.5 Å². The van der Waals surface area contributed by atoms with Crippen molar-refractivity contribution in [2.24, 2.45) is 0 Å². The lowest BCUT2D eigenvalue weighted by Crippen LogP contribution is -2.46. The maximum atomic E-state index is 14.4. The van der Waals surface area contributed by atoms with Gasteiger partial charge in [0.25, 0.3) is 27.7 Å². The van der Waals surface area contributed by atoms with Crippen LogP contribution in [0.15, 0.2) is 89.8 Å². The summed E-state index contributed by atoms with van der Waals surface area (Å²) in [6.45, 7) is 7.51. The molecule has 14 heteroatoms. The highest BCUT2D eigenvalue weighted by Crippen LogP contribution is 2.30. The highest BCUT2D eigenvalue weighted by atomic mass is 35.5. The first kappa shape index (κ1) is 37.2. The molecule has 0 saturated heterocycles. The molecule has 2 heterocycles. The molecule has 0 bridgehead atoms. The van der Waals surface area contributed by atoms with E-state index in [1.807, 2.05) is 36.4 Å². The molecular formula is C39H38ClN5O7S. The molecule has 2 N–H and O–H groups in total. The maximum absolute atomic E-state index is 14.4. The topological polar surface area (TPSA) is 159 Å². The van der Waals surface area contributed by atoms with Crippen molar-refractivity contribution in [1.29, 1.82) is 0 Å². The molecule has 0 aliphatic carbocycles. The van der Waals surface area contributed by atoms with Crippen LogP contribution in [0.5, 0.6) is 0 Å². The lowest BCUT2D eigenvalue weighted by Gasteiger charge is -2.35. The summed E-state index contributed by atoms with van der Waals surface area (Å²) in [5.74, 6) is -3.06. The zero-order chi connectivity index (χ0) is 38.2. The van der Waals surface area contributed by atoms with E-state index in [0.29, 0.717) is 30.6 Å². The molecule has 0 unspecified atom stereocenters. The van der Waals surface area contributed by atoms with Crippen molar-refractivity contribution in [1.82, 2.24) is 24.3 Å². The number of aromatic nitrogens is 2. The number of hydrogen-bond acceptors (Lipinski definition) is 7. The molecule has 3 amide bonds. The van der Waals surface area contributed by atoms with Crippen LogP contribution in [0.4, 0.5) is 0 Å².